The van der Waals surface area contributed by atoms with Crippen LogP contribution in [-0.2, 0) is 11.3 Å². The van der Waals surface area contributed by atoms with Gasteiger partial charge in [-0.1, -0.05) is 6.07 Å². The summed E-state index contributed by atoms with van der Waals surface area (Å²) in [6, 6.07) is 7.26. The zero-order valence-corrected chi connectivity index (χ0v) is 17.5. The van der Waals surface area contributed by atoms with Gasteiger partial charge < -0.3 is 24.4 Å². The number of nitrogens with one attached hydrogen (secondary N) is 1. The molecule has 0 radical (unpaired) electrons. The summed E-state index contributed by atoms with van der Waals surface area (Å²) in [6.07, 6.45) is -0.591. The molecule has 0 aliphatic carbocycles. The van der Waals surface area contributed by atoms with Gasteiger partial charge in [0.05, 0.1) is 19.8 Å². The Bertz CT molecular complexity index is 912. The van der Waals surface area contributed by atoms with Crippen LogP contribution in [0.15, 0.2) is 30.3 Å². The molecular formula is C22H26F2N2O4. The topological polar surface area (TPSA) is 60.0 Å². The predicted octanol–water partition coefficient (Wildman–Crippen LogP) is 3.97. The normalized spacial score (nSPS) is 18.8. The van der Waals surface area contributed by atoms with Crippen molar-refractivity contribution in [2.24, 2.45) is 0 Å². The number of benzene rings is 2. The molecule has 0 spiro atoms. The number of methoxy groups -OCH3 is 2. The lowest BCUT2D eigenvalue weighted by Crippen LogP contribution is -2.57. The second kappa shape index (κ2) is 9.30. The first kappa shape index (κ1) is 21.8. The zero-order chi connectivity index (χ0) is 21.8. The van der Waals surface area contributed by atoms with Crippen LogP contribution < -0.4 is 14.8 Å². The quantitative estimate of drug-likeness (QED) is 0.793. The summed E-state index contributed by atoms with van der Waals surface area (Å²) in [7, 11) is 2.98. The Balaban J connectivity index is 1.84. The first-order valence-corrected chi connectivity index (χ1v) is 9.72. The number of carbonyl (C=O) groups excluding carboxylic acids is 1. The average Bonchev–Trinajstić information content (AvgIpc) is 2.73. The lowest BCUT2D eigenvalue weighted by molar-refractivity contribution is 0.0552. The maximum atomic E-state index is 15.2. The van der Waals surface area contributed by atoms with E-state index < -0.39 is 24.3 Å². The van der Waals surface area contributed by atoms with E-state index in [1.54, 1.807) is 23.1 Å². The smallest absolute Gasteiger partial charge is 0.410 e. The van der Waals surface area contributed by atoms with Crippen LogP contribution in [0.3, 0.4) is 0 Å². The maximum absolute atomic E-state index is 15.2. The molecule has 2 unspecified atom stereocenters. The molecule has 0 saturated carbocycles. The van der Waals surface area contributed by atoms with E-state index in [0.29, 0.717) is 30.2 Å². The van der Waals surface area contributed by atoms with E-state index in [4.69, 9.17) is 14.2 Å². The number of hydrogen-bond donors (Lipinski definition) is 1. The molecule has 1 fully saturated rings. The first-order valence-electron chi connectivity index (χ1n) is 9.72. The summed E-state index contributed by atoms with van der Waals surface area (Å²) in [5.74, 6) is -0.632. The number of amides is 1. The van der Waals surface area contributed by atoms with Gasteiger partial charge in [0.15, 0.2) is 11.5 Å². The number of hydrogen-bond acceptors (Lipinski definition) is 5. The maximum Gasteiger partial charge on any atom is 0.410 e. The molecule has 3 rings (SSSR count). The van der Waals surface area contributed by atoms with Crippen LogP contribution in [0.2, 0.25) is 0 Å². The van der Waals surface area contributed by atoms with Crippen LogP contribution in [0.25, 0.3) is 11.1 Å². The van der Waals surface area contributed by atoms with Crippen LogP contribution in [0.1, 0.15) is 19.4 Å². The number of piperazine rings is 1. The molecular weight excluding hydrogens is 394 g/mol. The highest BCUT2D eigenvalue weighted by atomic mass is 19.1. The van der Waals surface area contributed by atoms with Crippen molar-refractivity contribution in [1.82, 2.24) is 10.2 Å². The molecule has 0 bridgehead atoms. The van der Waals surface area contributed by atoms with Crippen molar-refractivity contribution in [1.29, 1.82) is 0 Å². The summed E-state index contributed by atoms with van der Waals surface area (Å²) >= 11 is 0. The molecule has 0 aromatic heterocycles. The van der Waals surface area contributed by atoms with Gasteiger partial charge >= 0.3 is 6.09 Å². The van der Waals surface area contributed by atoms with Crippen molar-refractivity contribution in [2.45, 2.75) is 32.5 Å². The molecule has 1 aliphatic rings. The molecule has 162 valence electrons. The van der Waals surface area contributed by atoms with E-state index in [0.717, 1.165) is 6.07 Å². The Kier molecular flexibility index (Phi) is 6.77. The van der Waals surface area contributed by atoms with Crippen LogP contribution in [0.5, 0.6) is 11.5 Å². The van der Waals surface area contributed by atoms with Gasteiger partial charge in [-0.3, -0.25) is 0 Å². The molecule has 6 nitrogen and oxygen atoms in total. The van der Waals surface area contributed by atoms with E-state index in [1.807, 2.05) is 13.8 Å². The minimum atomic E-state index is -0.781. The molecule has 1 aliphatic heterocycles. The third-order valence-corrected chi connectivity index (χ3v) is 5.26. The highest BCUT2D eigenvalue weighted by Gasteiger charge is 2.30. The lowest BCUT2D eigenvalue weighted by Gasteiger charge is -2.38. The molecule has 2 aromatic rings. The molecule has 1 amide bonds. The fourth-order valence-corrected chi connectivity index (χ4v) is 3.66. The average molecular weight is 420 g/mol. The lowest BCUT2D eigenvalue weighted by atomic mass is 10.0. The van der Waals surface area contributed by atoms with Crippen molar-refractivity contribution in [3.8, 4) is 22.6 Å². The van der Waals surface area contributed by atoms with E-state index in [9.17, 15) is 9.18 Å². The van der Waals surface area contributed by atoms with E-state index in [1.165, 1.54) is 20.3 Å². The molecule has 8 heteroatoms. The molecule has 2 aromatic carbocycles. The fraction of sp³-hybridized carbons (Fsp3) is 0.409. The Morgan fingerprint density at radius 3 is 2.37 bits per heavy atom. The largest absolute Gasteiger partial charge is 0.493 e. The van der Waals surface area contributed by atoms with Crippen LogP contribution in [-0.4, -0.2) is 50.4 Å². The number of ether oxygens (including phenoxy) is 3. The predicted molar refractivity (Wildman–Crippen MR) is 109 cm³/mol. The van der Waals surface area contributed by atoms with Crippen molar-refractivity contribution in [2.75, 3.05) is 27.3 Å². The number of nitrogens with zero attached hydrogens (tertiary/aromatic N) is 1. The SMILES string of the molecule is COc1ccc(-c2ccc(F)c(COC(=O)N3C(C)CNCC3C)c2F)cc1OC. The molecule has 2 atom stereocenters. The van der Waals surface area contributed by atoms with Crippen LogP contribution in [0, 0.1) is 11.6 Å². The molecule has 1 saturated heterocycles. The van der Waals surface area contributed by atoms with Gasteiger partial charge in [0, 0.05) is 30.7 Å². The summed E-state index contributed by atoms with van der Waals surface area (Å²) in [5, 5.41) is 3.22. The third kappa shape index (κ3) is 4.33. The molecule has 1 heterocycles. The monoisotopic (exact) mass is 420 g/mol. The van der Waals surface area contributed by atoms with Gasteiger partial charge in [-0.2, -0.15) is 0 Å². The molecule has 1 N–H and O–H groups in total. The highest BCUT2D eigenvalue weighted by molar-refractivity contribution is 5.70. The standard InChI is InChI=1S/C22H26F2N2O4/c1-13-10-25-11-14(2)26(13)22(27)30-12-17-18(23)7-6-16(21(17)24)15-5-8-19(28-3)20(9-15)29-4/h5-9,13-14,25H,10-12H2,1-4H3. The van der Waals surface area contributed by atoms with Crippen molar-refractivity contribution < 1.29 is 27.8 Å². The summed E-state index contributed by atoms with van der Waals surface area (Å²) in [5.41, 5.74) is 0.362. The van der Waals surface area contributed by atoms with Crippen molar-refractivity contribution in [3.05, 3.63) is 47.5 Å². The Morgan fingerprint density at radius 1 is 1.07 bits per heavy atom. The van der Waals surface area contributed by atoms with Gasteiger partial charge in [0.2, 0.25) is 0 Å². The van der Waals surface area contributed by atoms with E-state index >= 15 is 4.39 Å². The Hall–Kier alpha value is -2.87. The van der Waals surface area contributed by atoms with Gasteiger partial charge in [-0.15, -0.1) is 0 Å². The molecule has 30 heavy (non-hydrogen) atoms. The Labute approximate surface area is 174 Å². The van der Waals surface area contributed by atoms with Gasteiger partial charge in [-0.25, -0.2) is 13.6 Å². The zero-order valence-electron chi connectivity index (χ0n) is 17.5. The first-order chi connectivity index (χ1) is 14.4. The van der Waals surface area contributed by atoms with Crippen molar-refractivity contribution >= 4 is 6.09 Å². The number of rotatable bonds is 5. The van der Waals surface area contributed by atoms with Crippen LogP contribution >= 0.6 is 0 Å². The van der Waals surface area contributed by atoms with E-state index in [2.05, 4.69) is 5.32 Å². The third-order valence-electron chi connectivity index (χ3n) is 5.26. The second-order valence-corrected chi connectivity index (χ2v) is 7.28. The minimum absolute atomic E-state index is 0.0750. The van der Waals surface area contributed by atoms with Crippen LogP contribution in [0.4, 0.5) is 13.6 Å². The number of carbonyl (C=O) groups is 1. The van der Waals surface area contributed by atoms with Gasteiger partial charge in [0.25, 0.3) is 0 Å². The minimum Gasteiger partial charge on any atom is -0.493 e. The van der Waals surface area contributed by atoms with Crippen molar-refractivity contribution in [3.63, 3.8) is 0 Å². The Morgan fingerprint density at radius 2 is 1.73 bits per heavy atom. The summed E-state index contributed by atoms with van der Waals surface area (Å²) < 4.78 is 45.2. The van der Waals surface area contributed by atoms with E-state index in [-0.39, 0.29) is 23.2 Å². The van der Waals surface area contributed by atoms with Gasteiger partial charge in [0.1, 0.15) is 18.2 Å². The summed E-state index contributed by atoms with van der Waals surface area (Å²) in [4.78, 5) is 14.1. The van der Waals surface area contributed by atoms with Gasteiger partial charge in [-0.05, 0) is 43.7 Å². The summed E-state index contributed by atoms with van der Waals surface area (Å²) in [6.45, 7) is 4.56. The highest BCUT2D eigenvalue weighted by Crippen LogP contribution is 2.34. The second-order valence-electron chi connectivity index (χ2n) is 7.28. The number of halogens is 2. The fourth-order valence-electron chi connectivity index (χ4n) is 3.66.